The van der Waals surface area contributed by atoms with Gasteiger partial charge in [-0.3, -0.25) is 4.79 Å². The predicted molar refractivity (Wildman–Crippen MR) is 133 cm³/mol. The highest BCUT2D eigenvalue weighted by Crippen LogP contribution is 2.31. The van der Waals surface area contributed by atoms with Crippen molar-refractivity contribution < 1.29 is 17.6 Å². The van der Waals surface area contributed by atoms with Gasteiger partial charge < -0.3 is 9.73 Å². The number of nitrogens with zero attached hydrogens (tertiary/aromatic N) is 2. The van der Waals surface area contributed by atoms with E-state index in [-0.39, 0.29) is 29.1 Å². The van der Waals surface area contributed by atoms with Gasteiger partial charge >= 0.3 is 5.63 Å². The summed E-state index contributed by atoms with van der Waals surface area (Å²) in [6.45, 7) is 0.494. The van der Waals surface area contributed by atoms with E-state index in [1.54, 1.807) is 29.6 Å². The van der Waals surface area contributed by atoms with E-state index in [0.717, 1.165) is 16.7 Å². The number of aromatic nitrogens is 1. The number of thiazole rings is 1. The van der Waals surface area contributed by atoms with Crippen molar-refractivity contribution in [3.8, 4) is 11.3 Å². The first kappa shape index (κ1) is 23.2. The lowest BCUT2D eigenvalue weighted by molar-refractivity contribution is -0.120. The quantitative estimate of drug-likeness (QED) is 0.372. The van der Waals surface area contributed by atoms with Gasteiger partial charge in [-0.2, -0.15) is 4.31 Å². The van der Waals surface area contributed by atoms with Crippen LogP contribution in [0.1, 0.15) is 12.8 Å². The number of nitrogens with one attached hydrogen (secondary N) is 1. The first-order valence-corrected chi connectivity index (χ1v) is 13.9. The van der Waals surface area contributed by atoms with Gasteiger partial charge in [0.05, 0.1) is 15.6 Å². The first-order chi connectivity index (χ1) is 16.3. The molecule has 34 heavy (non-hydrogen) atoms. The summed E-state index contributed by atoms with van der Waals surface area (Å²) in [5.41, 5.74) is 0.746. The molecule has 0 atom stereocenters. The molecule has 4 heterocycles. The number of carbonyl (C=O) groups excluding carboxylic acids is 1. The normalized spacial score (nSPS) is 15.6. The SMILES string of the molecule is O=C(Nc1nc(-c2cc3ccccc3oc2=O)cs1)C1CCN(S(=O)(=O)c2ccc(Cl)s2)CC1. The number of rotatable bonds is 5. The van der Waals surface area contributed by atoms with E-state index in [1.807, 2.05) is 12.1 Å². The molecule has 1 fully saturated rings. The van der Waals surface area contributed by atoms with Crippen LogP contribution in [0, 0.1) is 5.92 Å². The largest absolute Gasteiger partial charge is 0.422 e. The number of halogens is 1. The van der Waals surface area contributed by atoms with Crippen molar-refractivity contribution in [3.63, 3.8) is 0 Å². The molecule has 1 saturated heterocycles. The van der Waals surface area contributed by atoms with Crippen molar-refractivity contribution in [2.45, 2.75) is 17.1 Å². The number of benzene rings is 1. The zero-order valence-corrected chi connectivity index (χ0v) is 20.8. The molecule has 0 aliphatic carbocycles. The van der Waals surface area contributed by atoms with E-state index in [2.05, 4.69) is 10.3 Å². The summed E-state index contributed by atoms with van der Waals surface area (Å²) >= 11 is 8.11. The van der Waals surface area contributed by atoms with Gasteiger partial charge in [-0.25, -0.2) is 18.2 Å². The highest BCUT2D eigenvalue weighted by atomic mass is 35.5. The molecule has 1 aromatic carbocycles. The van der Waals surface area contributed by atoms with Gasteiger partial charge in [-0.05, 0) is 37.1 Å². The molecule has 0 unspecified atom stereocenters. The molecule has 1 N–H and O–H groups in total. The lowest BCUT2D eigenvalue weighted by Gasteiger charge is -2.29. The van der Waals surface area contributed by atoms with E-state index < -0.39 is 15.6 Å². The average molecular weight is 536 g/mol. The number of fused-ring (bicyclic) bond motifs is 1. The summed E-state index contributed by atoms with van der Waals surface area (Å²) in [4.78, 5) is 29.5. The third kappa shape index (κ3) is 4.53. The zero-order chi connectivity index (χ0) is 23.9. The molecule has 176 valence electrons. The summed E-state index contributed by atoms with van der Waals surface area (Å²) < 4.78 is 32.9. The third-order valence-electron chi connectivity index (χ3n) is 5.62. The highest BCUT2D eigenvalue weighted by molar-refractivity contribution is 7.91. The lowest BCUT2D eigenvalue weighted by Crippen LogP contribution is -2.41. The van der Waals surface area contributed by atoms with Gasteiger partial charge in [0.15, 0.2) is 5.13 Å². The average Bonchev–Trinajstić information content (AvgIpc) is 3.48. The number of para-hydroxylation sites is 1. The summed E-state index contributed by atoms with van der Waals surface area (Å²) in [7, 11) is -3.61. The monoisotopic (exact) mass is 535 g/mol. The predicted octanol–water partition coefficient (Wildman–Crippen LogP) is 4.67. The molecule has 5 rings (SSSR count). The van der Waals surface area contributed by atoms with Crippen molar-refractivity contribution in [1.82, 2.24) is 9.29 Å². The maximum absolute atomic E-state index is 12.8. The maximum Gasteiger partial charge on any atom is 0.345 e. The Hall–Kier alpha value is -2.57. The Morgan fingerprint density at radius 1 is 1.18 bits per heavy atom. The van der Waals surface area contributed by atoms with Crippen LogP contribution in [0.2, 0.25) is 4.34 Å². The minimum Gasteiger partial charge on any atom is -0.422 e. The van der Waals surface area contributed by atoms with Crippen LogP contribution in [-0.2, 0) is 14.8 Å². The van der Waals surface area contributed by atoms with Gasteiger partial charge in [0, 0.05) is 29.8 Å². The van der Waals surface area contributed by atoms with E-state index in [0.29, 0.717) is 39.1 Å². The van der Waals surface area contributed by atoms with Crippen molar-refractivity contribution in [1.29, 1.82) is 0 Å². The molecule has 0 saturated carbocycles. The van der Waals surface area contributed by atoms with Crippen LogP contribution in [0.15, 0.2) is 61.3 Å². The summed E-state index contributed by atoms with van der Waals surface area (Å²) in [5.74, 6) is -0.556. The van der Waals surface area contributed by atoms with Gasteiger partial charge in [0.25, 0.3) is 10.0 Å². The number of anilines is 1. The maximum atomic E-state index is 12.8. The Morgan fingerprint density at radius 3 is 2.68 bits per heavy atom. The summed E-state index contributed by atoms with van der Waals surface area (Å²) in [6.07, 6.45) is 0.799. The van der Waals surface area contributed by atoms with Crippen LogP contribution < -0.4 is 10.9 Å². The molecule has 4 aromatic rings. The molecule has 1 amide bonds. The molecule has 0 bridgehead atoms. The van der Waals surface area contributed by atoms with Crippen molar-refractivity contribution in [2.75, 3.05) is 18.4 Å². The van der Waals surface area contributed by atoms with Crippen LogP contribution in [-0.4, -0.2) is 36.7 Å². The fourth-order valence-electron chi connectivity index (χ4n) is 3.82. The summed E-state index contributed by atoms with van der Waals surface area (Å²) in [5, 5.41) is 5.64. The fourth-order valence-corrected chi connectivity index (χ4v) is 7.65. The number of sulfonamides is 1. The molecule has 3 aromatic heterocycles. The van der Waals surface area contributed by atoms with Crippen molar-refractivity contribution in [3.05, 3.63) is 62.6 Å². The second kappa shape index (κ2) is 9.23. The molecule has 12 heteroatoms. The van der Waals surface area contributed by atoms with Crippen LogP contribution in [0.25, 0.3) is 22.2 Å². The number of amides is 1. The minimum atomic E-state index is -3.61. The molecular weight excluding hydrogens is 518 g/mol. The number of hydrogen-bond donors (Lipinski definition) is 1. The number of hydrogen-bond acceptors (Lipinski definition) is 8. The molecule has 1 aliphatic rings. The Kier molecular flexibility index (Phi) is 6.30. The van der Waals surface area contributed by atoms with Crippen molar-refractivity contribution in [2.24, 2.45) is 5.92 Å². The van der Waals surface area contributed by atoms with Crippen LogP contribution in [0.3, 0.4) is 0 Å². The topological polar surface area (TPSA) is 110 Å². The van der Waals surface area contributed by atoms with Crippen LogP contribution >= 0.6 is 34.3 Å². The van der Waals surface area contributed by atoms with Crippen LogP contribution in [0.4, 0.5) is 5.13 Å². The Balaban J connectivity index is 1.24. The lowest BCUT2D eigenvalue weighted by atomic mass is 9.97. The third-order valence-corrected chi connectivity index (χ3v) is 9.97. The van der Waals surface area contributed by atoms with Crippen LogP contribution in [0.5, 0.6) is 0 Å². The second-order valence-corrected chi connectivity index (χ2v) is 12.5. The first-order valence-electron chi connectivity index (χ1n) is 10.4. The molecule has 0 spiro atoms. The molecule has 8 nitrogen and oxygen atoms in total. The fraction of sp³-hybridized carbons (Fsp3) is 0.227. The molecule has 1 aliphatic heterocycles. The second-order valence-electron chi connectivity index (χ2n) is 7.75. The summed E-state index contributed by atoms with van der Waals surface area (Å²) in [6, 6.07) is 12.0. The standard InChI is InChI=1S/C22H18ClN3O5S3/c23-18-5-6-19(33-18)34(29,30)26-9-7-13(8-10-26)20(27)25-22-24-16(12-32-22)15-11-14-3-1-2-4-17(14)31-21(15)28/h1-6,11-13H,7-10H2,(H,24,25,27). The van der Waals surface area contributed by atoms with Crippen molar-refractivity contribution >= 4 is 66.3 Å². The Bertz CT molecular complexity index is 1530. The number of carbonyl (C=O) groups is 1. The minimum absolute atomic E-state index is 0.203. The van der Waals surface area contributed by atoms with Gasteiger partial charge in [0.1, 0.15) is 9.79 Å². The Labute approximate surface area is 207 Å². The molecular formula is C22H18ClN3O5S3. The van der Waals surface area contributed by atoms with E-state index >= 15 is 0 Å². The van der Waals surface area contributed by atoms with E-state index in [4.69, 9.17) is 16.0 Å². The zero-order valence-electron chi connectivity index (χ0n) is 17.6. The van der Waals surface area contributed by atoms with Gasteiger partial charge in [0.2, 0.25) is 5.91 Å². The number of piperidine rings is 1. The number of thiophene rings is 1. The highest BCUT2D eigenvalue weighted by Gasteiger charge is 2.33. The van der Waals surface area contributed by atoms with Gasteiger partial charge in [-0.1, -0.05) is 29.8 Å². The van der Waals surface area contributed by atoms with E-state index in [1.165, 1.54) is 21.7 Å². The Morgan fingerprint density at radius 2 is 1.94 bits per heavy atom. The van der Waals surface area contributed by atoms with Gasteiger partial charge in [-0.15, -0.1) is 22.7 Å². The molecule has 0 radical (unpaired) electrons. The van der Waals surface area contributed by atoms with E-state index in [9.17, 15) is 18.0 Å². The smallest absolute Gasteiger partial charge is 0.345 e.